The normalized spacial score (nSPS) is 21.1. The van der Waals surface area contributed by atoms with Crippen molar-refractivity contribution in [2.75, 3.05) is 7.05 Å². The first-order valence-electron chi connectivity index (χ1n) is 6.57. The Kier molecular flexibility index (Phi) is 4.15. The lowest BCUT2D eigenvalue weighted by Gasteiger charge is -2.32. The number of benzene rings is 2. The molecule has 2 aromatic rings. The minimum Gasteiger partial charge on any atom is -0.485 e. The summed E-state index contributed by atoms with van der Waals surface area (Å²) in [5.41, 5.74) is 2.43. The van der Waals surface area contributed by atoms with Crippen LogP contribution in [0.4, 0.5) is 0 Å². The molecule has 0 bridgehead atoms. The maximum atomic E-state index is 6.17. The fraction of sp³-hybridized carbons (Fsp3) is 0.250. The minimum atomic E-state index is 0.0757. The molecule has 2 atom stereocenters. The Morgan fingerprint density at radius 3 is 2.65 bits per heavy atom. The largest absolute Gasteiger partial charge is 0.485 e. The number of rotatable bonds is 2. The first-order valence-corrected chi connectivity index (χ1v) is 8.15. The third-order valence-corrected chi connectivity index (χ3v) is 5.56. The molecule has 0 fully saturated rings. The standard InChI is InChI=1S/C16H15Br2NO/c1-19-14-9-16(10-6-7-12(17)13(18)8-10)20-15-5-3-2-4-11(14)15/h2-8,14,16,19H,9H2,1H3. The number of nitrogens with one attached hydrogen (secondary N) is 1. The highest BCUT2D eigenvalue weighted by Gasteiger charge is 2.28. The van der Waals surface area contributed by atoms with E-state index in [-0.39, 0.29) is 6.10 Å². The van der Waals surface area contributed by atoms with Crippen molar-refractivity contribution in [2.24, 2.45) is 0 Å². The number of fused-ring (bicyclic) bond motifs is 1. The smallest absolute Gasteiger partial charge is 0.126 e. The molecule has 0 aromatic heterocycles. The van der Waals surface area contributed by atoms with Gasteiger partial charge in [-0.2, -0.15) is 0 Å². The Morgan fingerprint density at radius 2 is 1.90 bits per heavy atom. The summed E-state index contributed by atoms with van der Waals surface area (Å²) in [6, 6.07) is 14.9. The van der Waals surface area contributed by atoms with Gasteiger partial charge in [0.15, 0.2) is 0 Å². The summed E-state index contributed by atoms with van der Waals surface area (Å²) in [5, 5.41) is 3.38. The van der Waals surface area contributed by atoms with Gasteiger partial charge in [0.1, 0.15) is 11.9 Å². The van der Waals surface area contributed by atoms with Crippen LogP contribution in [0.1, 0.15) is 29.7 Å². The average Bonchev–Trinajstić information content (AvgIpc) is 2.49. The zero-order chi connectivity index (χ0) is 14.1. The van der Waals surface area contributed by atoms with E-state index in [0.717, 1.165) is 21.1 Å². The maximum absolute atomic E-state index is 6.17. The predicted octanol–water partition coefficient (Wildman–Crippen LogP) is 5.00. The van der Waals surface area contributed by atoms with Gasteiger partial charge in [0.2, 0.25) is 0 Å². The van der Waals surface area contributed by atoms with Crippen molar-refractivity contribution in [1.29, 1.82) is 0 Å². The first kappa shape index (κ1) is 14.1. The molecular formula is C16H15Br2NO. The average molecular weight is 397 g/mol. The van der Waals surface area contributed by atoms with Crippen LogP contribution in [0.2, 0.25) is 0 Å². The molecule has 2 nitrogen and oxygen atoms in total. The molecule has 1 heterocycles. The van der Waals surface area contributed by atoms with Crippen LogP contribution in [0.25, 0.3) is 0 Å². The fourth-order valence-corrected chi connectivity index (χ4v) is 3.25. The van der Waals surface area contributed by atoms with Crippen molar-refractivity contribution in [3.8, 4) is 5.75 Å². The van der Waals surface area contributed by atoms with Gasteiger partial charge in [-0.25, -0.2) is 0 Å². The van der Waals surface area contributed by atoms with Crippen molar-refractivity contribution in [3.05, 3.63) is 62.5 Å². The van der Waals surface area contributed by atoms with Crippen molar-refractivity contribution >= 4 is 31.9 Å². The summed E-state index contributed by atoms with van der Waals surface area (Å²) in [4.78, 5) is 0. The molecule has 104 valence electrons. The Bertz CT molecular complexity index is 630. The monoisotopic (exact) mass is 395 g/mol. The summed E-state index contributed by atoms with van der Waals surface area (Å²) in [7, 11) is 2.00. The van der Waals surface area contributed by atoms with Crippen LogP contribution in [0.15, 0.2) is 51.4 Å². The highest BCUT2D eigenvalue weighted by Crippen LogP contribution is 2.41. The van der Waals surface area contributed by atoms with Crippen LogP contribution in [-0.2, 0) is 0 Å². The van der Waals surface area contributed by atoms with Crippen molar-refractivity contribution < 1.29 is 4.74 Å². The third kappa shape index (κ3) is 2.65. The van der Waals surface area contributed by atoms with Crippen LogP contribution in [-0.4, -0.2) is 7.05 Å². The van der Waals surface area contributed by atoms with Gasteiger partial charge in [-0.15, -0.1) is 0 Å². The van der Waals surface area contributed by atoms with Crippen LogP contribution in [0.3, 0.4) is 0 Å². The molecule has 1 N–H and O–H groups in total. The highest BCUT2D eigenvalue weighted by molar-refractivity contribution is 9.13. The van der Waals surface area contributed by atoms with E-state index in [9.17, 15) is 0 Å². The summed E-state index contributed by atoms with van der Waals surface area (Å²) >= 11 is 7.06. The van der Waals surface area contributed by atoms with Gasteiger partial charge < -0.3 is 10.1 Å². The molecule has 20 heavy (non-hydrogen) atoms. The predicted molar refractivity (Wildman–Crippen MR) is 88.1 cm³/mol. The van der Waals surface area contributed by atoms with E-state index in [1.165, 1.54) is 11.1 Å². The highest BCUT2D eigenvalue weighted by atomic mass is 79.9. The summed E-state index contributed by atoms with van der Waals surface area (Å²) < 4.78 is 8.28. The quantitative estimate of drug-likeness (QED) is 0.771. The van der Waals surface area contributed by atoms with Gasteiger partial charge in [-0.05, 0) is 62.7 Å². The lowest BCUT2D eigenvalue weighted by Crippen LogP contribution is -2.26. The summed E-state index contributed by atoms with van der Waals surface area (Å²) in [6.45, 7) is 0. The molecule has 2 aromatic carbocycles. The van der Waals surface area contributed by atoms with Crippen molar-refractivity contribution in [1.82, 2.24) is 5.32 Å². The lowest BCUT2D eigenvalue weighted by atomic mass is 9.93. The number of halogens is 2. The van der Waals surface area contributed by atoms with Gasteiger partial charge in [-0.1, -0.05) is 24.3 Å². The minimum absolute atomic E-state index is 0.0757. The van der Waals surface area contributed by atoms with Gasteiger partial charge in [0.05, 0.1) is 0 Å². The Labute approximate surface area is 135 Å². The van der Waals surface area contributed by atoms with E-state index in [0.29, 0.717) is 6.04 Å². The first-order chi connectivity index (χ1) is 9.69. The van der Waals surface area contributed by atoms with Gasteiger partial charge >= 0.3 is 0 Å². The van der Waals surface area contributed by atoms with Crippen LogP contribution >= 0.6 is 31.9 Å². The summed E-state index contributed by atoms with van der Waals surface area (Å²) in [5.74, 6) is 0.974. The second kappa shape index (κ2) is 5.88. The zero-order valence-corrected chi connectivity index (χ0v) is 14.2. The van der Waals surface area contributed by atoms with Crippen LogP contribution < -0.4 is 10.1 Å². The molecule has 0 aliphatic carbocycles. The molecule has 0 saturated heterocycles. The second-order valence-corrected chi connectivity index (χ2v) is 6.60. The molecular weight excluding hydrogens is 382 g/mol. The molecule has 0 saturated carbocycles. The molecule has 4 heteroatoms. The summed E-state index contributed by atoms with van der Waals surface area (Å²) in [6.07, 6.45) is 1.01. The number of para-hydroxylation sites is 1. The Hall–Kier alpha value is -0.840. The van der Waals surface area contributed by atoms with E-state index in [1.807, 2.05) is 19.2 Å². The SMILES string of the molecule is CNC1CC(c2ccc(Br)c(Br)c2)Oc2ccccc21. The van der Waals surface area contributed by atoms with E-state index >= 15 is 0 Å². The number of hydrogen-bond acceptors (Lipinski definition) is 2. The fourth-order valence-electron chi connectivity index (χ4n) is 2.61. The molecule has 2 unspecified atom stereocenters. The molecule has 1 aliphatic heterocycles. The van der Waals surface area contributed by atoms with E-state index < -0.39 is 0 Å². The number of ether oxygens (including phenoxy) is 1. The number of hydrogen-bond donors (Lipinski definition) is 1. The third-order valence-electron chi connectivity index (χ3n) is 3.68. The molecule has 1 aliphatic rings. The van der Waals surface area contributed by atoms with Crippen LogP contribution in [0.5, 0.6) is 5.75 Å². The van der Waals surface area contributed by atoms with E-state index in [1.54, 1.807) is 0 Å². The second-order valence-electron chi connectivity index (χ2n) is 4.89. The Morgan fingerprint density at radius 1 is 1.10 bits per heavy atom. The molecule has 0 amide bonds. The van der Waals surface area contributed by atoms with Crippen molar-refractivity contribution in [3.63, 3.8) is 0 Å². The topological polar surface area (TPSA) is 21.3 Å². The molecule has 3 rings (SSSR count). The molecule has 0 spiro atoms. The van der Waals surface area contributed by atoms with E-state index in [2.05, 4.69) is 67.5 Å². The van der Waals surface area contributed by atoms with Crippen LogP contribution in [0, 0.1) is 0 Å². The maximum Gasteiger partial charge on any atom is 0.126 e. The van der Waals surface area contributed by atoms with E-state index in [4.69, 9.17) is 4.74 Å². The Balaban J connectivity index is 1.95. The zero-order valence-electron chi connectivity index (χ0n) is 11.1. The van der Waals surface area contributed by atoms with Gasteiger partial charge in [0, 0.05) is 27.0 Å². The van der Waals surface area contributed by atoms with Gasteiger partial charge in [-0.3, -0.25) is 0 Å². The van der Waals surface area contributed by atoms with Gasteiger partial charge in [0.25, 0.3) is 0 Å². The van der Waals surface area contributed by atoms with Crippen molar-refractivity contribution in [2.45, 2.75) is 18.6 Å². The molecule has 0 radical (unpaired) electrons. The lowest BCUT2D eigenvalue weighted by molar-refractivity contribution is 0.154.